The van der Waals surface area contributed by atoms with Crippen molar-refractivity contribution in [1.29, 1.82) is 0 Å². The van der Waals surface area contributed by atoms with E-state index in [1.807, 2.05) is 0 Å². The fourth-order valence-electron chi connectivity index (χ4n) is 2.19. The number of aromatic nitrogens is 2. The molecule has 1 atom stereocenters. The molecule has 2 N–H and O–H groups in total. The molecule has 0 aliphatic rings. The van der Waals surface area contributed by atoms with Crippen molar-refractivity contribution < 1.29 is 26.4 Å². The SMILES string of the molecule is C[C@@H](/C=C/S(C)(=O)=O)NC(=O)c1cnc(C(F)(F)F)nc1NCc1ccccc1. The molecule has 156 valence electrons. The van der Waals surface area contributed by atoms with E-state index in [1.165, 1.54) is 13.0 Å². The Morgan fingerprint density at radius 3 is 2.48 bits per heavy atom. The van der Waals surface area contributed by atoms with Crippen LogP contribution in [0.5, 0.6) is 0 Å². The van der Waals surface area contributed by atoms with Crippen LogP contribution in [0.1, 0.15) is 28.7 Å². The van der Waals surface area contributed by atoms with Gasteiger partial charge in [0.25, 0.3) is 5.91 Å². The first kappa shape index (κ1) is 22.3. The number of carbonyl (C=O) groups excluding carboxylic acids is 1. The molecule has 0 saturated carbocycles. The summed E-state index contributed by atoms with van der Waals surface area (Å²) < 4.78 is 61.2. The second-order valence-electron chi connectivity index (χ2n) is 6.21. The number of amides is 1. The molecule has 1 aromatic heterocycles. The van der Waals surface area contributed by atoms with Crippen molar-refractivity contribution in [3.05, 3.63) is 65.0 Å². The Morgan fingerprint density at radius 1 is 1.24 bits per heavy atom. The maximum Gasteiger partial charge on any atom is 0.451 e. The van der Waals surface area contributed by atoms with Gasteiger partial charge in [-0.2, -0.15) is 13.2 Å². The molecule has 7 nitrogen and oxygen atoms in total. The van der Waals surface area contributed by atoms with Gasteiger partial charge in [-0.1, -0.05) is 36.4 Å². The van der Waals surface area contributed by atoms with Crippen LogP contribution < -0.4 is 10.6 Å². The third-order valence-corrected chi connectivity index (χ3v) is 4.21. The van der Waals surface area contributed by atoms with Gasteiger partial charge in [0.15, 0.2) is 9.84 Å². The lowest BCUT2D eigenvalue weighted by Gasteiger charge is -2.15. The molecule has 2 aromatic rings. The molecule has 0 aliphatic carbocycles. The lowest BCUT2D eigenvalue weighted by atomic mass is 10.2. The summed E-state index contributed by atoms with van der Waals surface area (Å²) in [5.41, 5.74) is 0.573. The van der Waals surface area contributed by atoms with Crippen molar-refractivity contribution in [2.24, 2.45) is 0 Å². The van der Waals surface area contributed by atoms with E-state index in [0.717, 1.165) is 23.4 Å². The number of halogens is 3. The van der Waals surface area contributed by atoms with Crippen LogP contribution in [0.4, 0.5) is 19.0 Å². The lowest BCUT2D eigenvalue weighted by Crippen LogP contribution is -2.32. The number of carbonyl (C=O) groups is 1. The van der Waals surface area contributed by atoms with E-state index in [9.17, 15) is 26.4 Å². The molecule has 0 aliphatic heterocycles. The second-order valence-corrected chi connectivity index (χ2v) is 8.14. The van der Waals surface area contributed by atoms with Crippen LogP contribution in [-0.4, -0.2) is 36.6 Å². The van der Waals surface area contributed by atoms with Gasteiger partial charge >= 0.3 is 6.18 Å². The number of benzene rings is 1. The van der Waals surface area contributed by atoms with E-state index in [-0.39, 0.29) is 17.9 Å². The van der Waals surface area contributed by atoms with Crippen molar-refractivity contribution in [2.75, 3.05) is 11.6 Å². The highest BCUT2D eigenvalue weighted by atomic mass is 32.2. The molecule has 1 heterocycles. The summed E-state index contributed by atoms with van der Waals surface area (Å²) >= 11 is 0. The van der Waals surface area contributed by atoms with E-state index in [2.05, 4.69) is 20.6 Å². The van der Waals surface area contributed by atoms with E-state index >= 15 is 0 Å². The molecular weight excluding hydrogens is 409 g/mol. The van der Waals surface area contributed by atoms with Gasteiger partial charge < -0.3 is 10.6 Å². The smallest absolute Gasteiger partial charge is 0.365 e. The van der Waals surface area contributed by atoms with Gasteiger partial charge in [0.1, 0.15) is 11.4 Å². The first-order valence-corrected chi connectivity index (χ1v) is 10.3. The number of hydrogen-bond donors (Lipinski definition) is 2. The predicted octanol–water partition coefficient (Wildman–Crippen LogP) is 2.78. The maximum absolute atomic E-state index is 13.0. The van der Waals surface area contributed by atoms with Gasteiger partial charge in [-0.05, 0) is 12.5 Å². The highest BCUT2D eigenvalue weighted by Crippen LogP contribution is 2.27. The summed E-state index contributed by atoms with van der Waals surface area (Å²) in [5, 5.41) is 6.13. The van der Waals surface area contributed by atoms with Crippen molar-refractivity contribution in [3.8, 4) is 0 Å². The monoisotopic (exact) mass is 428 g/mol. The third kappa shape index (κ3) is 7.18. The fourth-order valence-corrected chi connectivity index (χ4v) is 2.72. The third-order valence-electron chi connectivity index (χ3n) is 3.56. The molecule has 1 amide bonds. The number of hydrogen-bond acceptors (Lipinski definition) is 6. The Balaban J connectivity index is 2.26. The Labute approximate surface area is 166 Å². The van der Waals surface area contributed by atoms with Crippen molar-refractivity contribution >= 4 is 21.6 Å². The molecule has 1 aromatic carbocycles. The number of anilines is 1. The largest absolute Gasteiger partial charge is 0.451 e. The normalized spacial score (nSPS) is 13.3. The second kappa shape index (κ2) is 9.03. The van der Waals surface area contributed by atoms with Gasteiger partial charge in [-0.3, -0.25) is 4.79 Å². The molecule has 2 rings (SSSR count). The van der Waals surface area contributed by atoms with Crippen LogP contribution in [0.25, 0.3) is 0 Å². The molecule has 29 heavy (non-hydrogen) atoms. The zero-order valence-electron chi connectivity index (χ0n) is 15.6. The zero-order chi connectivity index (χ0) is 21.7. The molecule has 0 spiro atoms. The van der Waals surface area contributed by atoms with Gasteiger partial charge in [-0.25, -0.2) is 18.4 Å². The first-order valence-electron chi connectivity index (χ1n) is 8.37. The average molecular weight is 428 g/mol. The van der Waals surface area contributed by atoms with Crippen LogP contribution in [-0.2, 0) is 22.6 Å². The van der Waals surface area contributed by atoms with E-state index in [0.29, 0.717) is 0 Å². The van der Waals surface area contributed by atoms with Crippen molar-refractivity contribution in [2.45, 2.75) is 25.7 Å². The standard InChI is InChI=1S/C18H19F3N4O3S/c1-12(8-9-29(2,27)28)24-16(26)14-11-23-17(18(19,20)21)25-15(14)22-10-13-6-4-3-5-7-13/h3-9,11-12H,10H2,1-2H3,(H,24,26)(H,22,23,25)/b9-8+/t12-/m0/s1. The molecule has 0 fully saturated rings. The minimum absolute atomic E-state index is 0.138. The number of nitrogens with one attached hydrogen (secondary N) is 2. The van der Waals surface area contributed by atoms with Crippen LogP contribution in [0.2, 0.25) is 0 Å². The fraction of sp³-hybridized carbons (Fsp3) is 0.278. The summed E-state index contributed by atoms with van der Waals surface area (Å²) in [7, 11) is -3.38. The van der Waals surface area contributed by atoms with Crippen LogP contribution in [0.3, 0.4) is 0 Å². The topological polar surface area (TPSA) is 101 Å². The highest BCUT2D eigenvalue weighted by Gasteiger charge is 2.35. The van der Waals surface area contributed by atoms with Crippen molar-refractivity contribution in [3.63, 3.8) is 0 Å². The van der Waals surface area contributed by atoms with Crippen molar-refractivity contribution in [1.82, 2.24) is 15.3 Å². The minimum Gasteiger partial charge on any atom is -0.365 e. The van der Waals surface area contributed by atoms with Gasteiger partial charge in [0, 0.05) is 30.4 Å². The Hall–Kier alpha value is -2.95. The number of nitrogens with zero attached hydrogens (tertiary/aromatic N) is 2. The van der Waals surface area contributed by atoms with E-state index in [4.69, 9.17) is 0 Å². The quantitative estimate of drug-likeness (QED) is 0.703. The Bertz CT molecular complexity index is 993. The zero-order valence-corrected chi connectivity index (χ0v) is 16.4. The molecule has 0 radical (unpaired) electrons. The summed E-state index contributed by atoms with van der Waals surface area (Å²) in [5.74, 6) is -2.41. The lowest BCUT2D eigenvalue weighted by molar-refractivity contribution is -0.144. The van der Waals surface area contributed by atoms with E-state index < -0.39 is 33.8 Å². The predicted molar refractivity (Wildman–Crippen MR) is 102 cm³/mol. The van der Waals surface area contributed by atoms with Gasteiger partial charge in [0.05, 0.1) is 0 Å². The van der Waals surface area contributed by atoms with Crippen LogP contribution in [0.15, 0.2) is 48.0 Å². The Morgan fingerprint density at radius 2 is 1.90 bits per heavy atom. The Kier molecular flexibility index (Phi) is 6.96. The molecule has 11 heteroatoms. The van der Waals surface area contributed by atoms with Crippen LogP contribution in [0, 0.1) is 0 Å². The average Bonchev–Trinajstić information content (AvgIpc) is 2.64. The molecule has 0 saturated heterocycles. The number of rotatable bonds is 7. The summed E-state index contributed by atoms with van der Waals surface area (Å²) in [6, 6.07) is 8.15. The maximum atomic E-state index is 13.0. The molecular formula is C18H19F3N4O3S. The van der Waals surface area contributed by atoms with E-state index in [1.54, 1.807) is 30.3 Å². The van der Waals surface area contributed by atoms with Crippen LogP contribution >= 0.6 is 0 Å². The number of sulfone groups is 1. The summed E-state index contributed by atoms with van der Waals surface area (Å²) in [6.07, 6.45) is -1.75. The first-order chi connectivity index (χ1) is 13.5. The van der Waals surface area contributed by atoms with Gasteiger partial charge in [0.2, 0.25) is 5.82 Å². The molecule has 0 bridgehead atoms. The minimum atomic E-state index is -4.77. The number of alkyl halides is 3. The highest BCUT2D eigenvalue weighted by molar-refractivity contribution is 7.93. The molecule has 0 unspecified atom stereocenters. The summed E-state index contributed by atoms with van der Waals surface area (Å²) in [6.45, 7) is 1.65. The van der Waals surface area contributed by atoms with Gasteiger partial charge in [-0.15, -0.1) is 0 Å². The summed E-state index contributed by atoms with van der Waals surface area (Å²) in [4.78, 5) is 19.2.